The molecule has 0 saturated carbocycles. The monoisotopic (exact) mass is 570 g/mol. The first kappa shape index (κ1) is 27.5. The van der Waals surface area contributed by atoms with Crippen LogP contribution in [0.25, 0.3) is 11.3 Å². The van der Waals surface area contributed by atoms with Gasteiger partial charge in [0.15, 0.2) is 0 Å². The molecule has 1 amide bonds. The SMILES string of the molecule is CNC(=O)OC1CCN(Cc2cc(Oc3ccc(N4CCNCC4)nc3)nc(-c3cc(Cl)cc(Cl)c3)c2)CC1. The van der Waals surface area contributed by atoms with Crippen LogP contribution in [0.5, 0.6) is 11.6 Å². The zero-order valence-corrected chi connectivity index (χ0v) is 23.3. The van der Waals surface area contributed by atoms with Crippen LogP contribution in [0.15, 0.2) is 48.7 Å². The van der Waals surface area contributed by atoms with Crippen molar-refractivity contribution < 1.29 is 14.3 Å². The van der Waals surface area contributed by atoms with E-state index in [2.05, 4.69) is 25.4 Å². The van der Waals surface area contributed by atoms with Crippen molar-refractivity contribution in [3.05, 3.63) is 64.3 Å². The number of nitrogens with one attached hydrogen (secondary N) is 2. The fourth-order valence-electron chi connectivity index (χ4n) is 4.84. The van der Waals surface area contributed by atoms with Crippen molar-refractivity contribution in [3.63, 3.8) is 0 Å². The lowest BCUT2D eigenvalue weighted by Crippen LogP contribution is -2.43. The van der Waals surface area contributed by atoms with Crippen molar-refractivity contribution in [2.45, 2.75) is 25.5 Å². The van der Waals surface area contributed by atoms with Crippen LogP contribution in [0.2, 0.25) is 10.0 Å². The molecule has 2 N–H and O–H groups in total. The average molecular weight is 572 g/mol. The normalized spacial score (nSPS) is 16.6. The van der Waals surface area contributed by atoms with Crippen molar-refractivity contribution in [1.82, 2.24) is 25.5 Å². The summed E-state index contributed by atoms with van der Waals surface area (Å²) in [4.78, 5) is 25.5. The molecule has 2 fully saturated rings. The number of anilines is 1. The quantitative estimate of drug-likeness (QED) is 0.411. The Labute approximate surface area is 238 Å². The molecule has 206 valence electrons. The third-order valence-corrected chi connectivity index (χ3v) is 7.26. The van der Waals surface area contributed by atoms with E-state index in [0.29, 0.717) is 28.2 Å². The number of piperidine rings is 1. The molecule has 3 aromatic rings. The topological polar surface area (TPSA) is 91.8 Å². The van der Waals surface area contributed by atoms with Gasteiger partial charge in [-0.25, -0.2) is 14.8 Å². The number of piperazine rings is 1. The summed E-state index contributed by atoms with van der Waals surface area (Å²) in [7, 11) is 1.57. The number of hydrogen-bond acceptors (Lipinski definition) is 8. The lowest BCUT2D eigenvalue weighted by Gasteiger charge is -2.31. The second-order valence-electron chi connectivity index (χ2n) is 9.68. The summed E-state index contributed by atoms with van der Waals surface area (Å²) in [6, 6.07) is 13.3. The predicted octanol–water partition coefficient (Wildman–Crippen LogP) is 4.97. The van der Waals surface area contributed by atoms with Crippen LogP contribution in [-0.4, -0.2) is 73.4 Å². The average Bonchev–Trinajstić information content (AvgIpc) is 2.94. The Kier molecular flexibility index (Phi) is 9.03. The van der Waals surface area contributed by atoms with Crippen LogP contribution in [0.4, 0.5) is 10.6 Å². The third-order valence-electron chi connectivity index (χ3n) is 6.82. The highest BCUT2D eigenvalue weighted by atomic mass is 35.5. The van der Waals surface area contributed by atoms with E-state index in [1.807, 2.05) is 36.4 Å². The van der Waals surface area contributed by atoms with Crippen molar-refractivity contribution in [1.29, 1.82) is 0 Å². The van der Waals surface area contributed by atoms with E-state index in [9.17, 15) is 4.79 Å². The van der Waals surface area contributed by atoms with Gasteiger partial charge in [-0.15, -0.1) is 0 Å². The number of pyridine rings is 2. The maximum Gasteiger partial charge on any atom is 0.407 e. The largest absolute Gasteiger partial charge is 0.446 e. The molecule has 39 heavy (non-hydrogen) atoms. The molecule has 0 aliphatic carbocycles. The summed E-state index contributed by atoms with van der Waals surface area (Å²) < 4.78 is 11.6. The molecule has 0 bridgehead atoms. The Morgan fingerprint density at radius 1 is 1.05 bits per heavy atom. The predicted molar refractivity (Wildman–Crippen MR) is 153 cm³/mol. The molecule has 0 atom stereocenters. The standard InChI is InChI=1S/C28H32Cl2N6O3/c1-31-28(37)39-23-4-8-35(9-5-23)18-19-12-25(20-14-21(29)16-22(30)15-20)34-27(13-19)38-24-2-3-26(33-17-24)36-10-6-32-7-11-36/h2-3,12-17,23,32H,4-11,18H2,1H3,(H,31,37). The Balaban J connectivity index is 1.34. The lowest BCUT2D eigenvalue weighted by atomic mass is 10.1. The van der Waals surface area contributed by atoms with Gasteiger partial charge in [0.05, 0.1) is 11.9 Å². The minimum absolute atomic E-state index is 0.0710. The smallest absolute Gasteiger partial charge is 0.407 e. The molecule has 2 aliphatic heterocycles. The van der Waals surface area contributed by atoms with Gasteiger partial charge in [0.2, 0.25) is 5.88 Å². The third kappa shape index (κ3) is 7.51. The Morgan fingerprint density at radius 2 is 1.79 bits per heavy atom. The second kappa shape index (κ2) is 12.8. The Bertz CT molecular complexity index is 1260. The first-order chi connectivity index (χ1) is 18.9. The zero-order valence-electron chi connectivity index (χ0n) is 21.8. The van der Waals surface area contributed by atoms with Gasteiger partial charge in [0.25, 0.3) is 0 Å². The van der Waals surface area contributed by atoms with E-state index >= 15 is 0 Å². The molecule has 0 spiro atoms. The summed E-state index contributed by atoms with van der Waals surface area (Å²) in [5.41, 5.74) is 2.57. The maximum absolute atomic E-state index is 11.6. The highest BCUT2D eigenvalue weighted by Crippen LogP contribution is 2.31. The molecular weight excluding hydrogens is 539 g/mol. The van der Waals surface area contributed by atoms with Gasteiger partial charge in [-0.2, -0.15) is 0 Å². The number of nitrogens with zero attached hydrogens (tertiary/aromatic N) is 4. The molecule has 9 nitrogen and oxygen atoms in total. The number of carbonyl (C=O) groups excluding carboxylic acids is 1. The number of alkyl carbamates (subject to hydrolysis) is 1. The molecular formula is C28H32Cl2N6O3. The van der Waals surface area contributed by atoms with Crippen molar-refractivity contribution in [2.75, 3.05) is 51.2 Å². The van der Waals surface area contributed by atoms with Gasteiger partial charge >= 0.3 is 6.09 Å². The van der Waals surface area contributed by atoms with E-state index in [0.717, 1.165) is 74.7 Å². The molecule has 2 aliphatic rings. The van der Waals surface area contributed by atoms with Crippen LogP contribution in [0.3, 0.4) is 0 Å². The molecule has 2 saturated heterocycles. The molecule has 2 aromatic heterocycles. The van der Waals surface area contributed by atoms with Gasteiger partial charge < -0.3 is 25.0 Å². The first-order valence-electron chi connectivity index (χ1n) is 13.1. The molecule has 0 radical (unpaired) electrons. The fourth-order valence-corrected chi connectivity index (χ4v) is 5.37. The summed E-state index contributed by atoms with van der Waals surface area (Å²) in [6.07, 6.45) is 2.84. The van der Waals surface area contributed by atoms with Crippen LogP contribution in [-0.2, 0) is 11.3 Å². The van der Waals surface area contributed by atoms with Gasteiger partial charge in [-0.05, 0) is 54.8 Å². The lowest BCUT2D eigenvalue weighted by molar-refractivity contribution is 0.0498. The van der Waals surface area contributed by atoms with Gasteiger partial charge in [0, 0.05) is 74.5 Å². The van der Waals surface area contributed by atoms with Crippen molar-refractivity contribution in [2.24, 2.45) is 0 Å². The van der Waals surface area contributed by atoms with E-state index < -0.39 is 0 Å². The highest BCUT2D eigenvalue weighted by Gasteiger charge is 2.22. The number of hydrogen-bond donors (Lipinski definition) is 2. The summed E-state index contributed by atoms with van der Waals surface area (Å²) in [5.74, 6) is 2.01. The van der Waals surface area contributed by atoms with Crippen molar-refractivity contribution in [3.8, 4) is 22.9 Å². The van der Waals surface area contributed by atoms with Crippen LogP contribution >= 0.6 is 23.2 Å². The summed E-state index contributed by atoms with van der Waals surface area (Å²) >= 11 is 12.6. The molecule has 0 unspecified atom stereocenters. The number of ether oxygens (including phenoxy) is 2. The van der Waals surface area contributed by atoms with Gasteiger partial charge in [-0.1, -0.05) is 23.2 Å². The number of likely N-dealkylation sites (tertiary alicyclic amines) is 1. The minimum Gasteiger partial charge on any atom is -0.446 e. The highest BCUT2D eigenvalue weighted by molar-refractivity contribution is 6.35. The van der Waals surface area contributed by atoms with E-state index in [1.165, 1.54) is 0 Å². The number of benzene rings is 1. The number of carbonyl (C=O) groups is 1. The second-order valence-corrected chi connectivity index (χ2v) is 10.6. The number of aromatic nitrogens is 2. The minimum atomic E-state index is -0.385. The molecule has 11 heteroatoms. The summed E-state index contributed by atoms with van der Waals surface area (Å²) in [5, 5.41) is 6.95. The summed E-state index contributed by atoms with van der Waals surface area (Å²) in [6.45, 7) is 6.09. The Morgan fingerprint density at radius 3 is 2.46 bits per heavy atom. The number of amides is 1. The van der Waals surface area contributed by atoms with Gasteiger partial charge in [-0.3, -0.25) is 4.90 Å². The zero-order chi connectivity index (χ0) is 27.2. The van der Waals surface area contributed by atoms with Crippen LogP contribution < -0.4 is 20.3 Å². The molecule has 5 rings (SSSR count). The van der Waals surface area contributed by atoms with Crippen LogP contribution in [0.1, 0.15) is 18.4 Å². The fraction of sp³-hybridized carbons (Fsp3) is 0.393. The Hall–Kier alpha value is -3.11. The van der Waals surface area contributed by atoms with E-state index in [4.69, 9.17) is 37.7 Å². The molecule has 1 aromatic carbocycles. The number of halogens is 2. The first-order valence-corrected chi connectivity index (χ1v) is 13.9. The van der Waals surface area contributed by atoms with E-state index in [1.54, 1.807) is 19.3 Å². The maximum atomic E-state index is 11.6. The molecule has 4 heterocycles. The number of rotatable bonds is 7. The van der Waals surface area contributed by atoms with E-state index in [-0.39, 0.29) is 12.2 Å². The van der Waals surface area contributed by atoms with Crippen molar-refractivity contribution >= 4 is 35.1 Å². The van der Waals surface area contributed by atoms with Crippen LogP contribution in [0, 0.1) is 0 Å². The van der Waals surface area contributed by atoms with Gasteiger partial charge in [0.1, 0.15) is 17.7 Å².